The molecule has 0 aliphatic rings. The molecule has 2 heteroatoms. The Morgan fingerprint density at radius 3 is 2.83 bits per heavy atom. The summed E-state index contributed by atoms with van der Waals surface area (Å²) in [7, 11) is 0. The zero-order chi connectivity index (χ0) is 4.41. The molecule has 0 spiro atoms. The number of hydrogen-bond acceptors (Lipinski definition) is 2. The van der Waals surface area contributed by atoms with Crippen LogP contribution in [0.15, 0.2) is 4.42 Å². The lowest BCUT2D eigenvalue weighted by Crippen LogP contribution is -1.60. The van der Waals surface area contributed by atoms with E-state index in [1.165, 1.54) is 0 Å². The molecule has 0 fully saturated rings. The Kier molecular flexibility index (Phi) is 0.548. The van der Waals surface area contributed by atoms with E-state index in [4.69, 9.17) is 0 Å². The predicted octanol–water partition coefficient (Wildman–Crippen LogP) is 0.583. The summed E-state index contributed by atoms with van der Waals surface area (Å²) in [5.41, 5.74) is 0. The van der Waals surface area contributed by atoms with Crippen LogP contribution >= 0.6 is 0 Å². The SMILES string of the molecule is Cc1nc#co1. The number of aryl methyl sites for hydroxylation is 1. The van der Waals surface area contributed by atoms with Crippen molar-refractivity contribution in [2.45, 2.75) is 6.92 Å². The molecule has 6 heavy (non-hydrogen) atoms. The van der Waals surface area contributed by atoms with Crippen molar-refractivity contribution in [1.82, 2.24) is 4.98 Å². The third-order valence-corrected chi connectivity index (χ3v) is 0.458. The molecule has 0 saturated carbocycles. The van der Waals surface area contributed by atoms with E-state index in [1.807, 2.05) is 0 Å². The summed E-state index contributed by atoms with van der Waals surface area (Å²) in [6, 6.07) is 0. The first-order valence-corrected chi connectivity index (χ1v) is 1.61. The largest absolute Gasteiger partial charge is 0.390 e. The van der Waals surface area contributed by atoms with Crippen LogP contribution in [0.5, 0.6) is 0 Å². The lowest BCUT2D eigenvalue weighted by molar-refractivity contribution is 0.516. The van der Waals surface area contributed by atoms with Crippen molar-refractivity contribution in [3.05, 3.63) is 18.4 Å². The molecule has 0 aromatic carbocycles. The summed E-state index contributed by atoms with van der Waals surface area (Å²) in [5.74, 6) is 0.606. The van der Waals surface area contributed by atoms with Crippen LogP contribution in [0.2, 0.25) is 0 Å². The number of nitrogens with zero attached hydrogens (tertiary/aromatic N) is 1. The second kappa shape index (κ2) is 1.02. The van der Waals surface area contributed by atoms with Gasteiger partial charge in [0.1, 0.15) is 6.26 Å². The molecule has 0 atom stereocenters. The third-order valence-electron chi connectivity index (χ3n) is 0.458. The van der Waals surface area contributed by atoms with Gasteiger partial charge in [-0.3, -0.25) is 0 Å². The van der Waals surface area contributed by atoms with Gasteiger partial charge in [-0.25, -0.2) is 0 Å². The van der Waals surface area contributed by atoms with Crippen LogP contribution in [0.1, 0.15) is 5.89 Å². The highest BCUT2D eigenvalue weighted by Crippen LogP contribution is 1.79. The van der Waals surface area contributed by atoms with Gasteiger partial charge in [0.15, 0.2) is 0 Å². The van der Waals surface area contributed by atoms with Gasteiger partial charge in [0.05, 0.1) is 6.20 Å². The summed E-state index contributed by atoms with van der Waals surface area (Å²) in [5, 5.41) is 0. The van der Waals surface area contributed by atoms with Gasteiger partial charge in [0.25, 0.3) is 0 Å². The van der Waals surface area contributed by atoms with Gasteiger partial charge in [-0.1, -0.05) is 0 Å². The summed E-state index contributed by atoms with van der Waals surface area (Å²) in [6.07, 6.45) is 4.71. The molecule has 1 aromatic rings. The minimum absolute atomic E-state index is 0.606. The molecule has 0 unspecified atom stereocenters. The molecular formula is C4H3NO. The number of aromatic nitrogens is 1. The van der Waals surface area contributed by atoms with Crippen LogP contribution < -0.4 is 0 Å². The van der Waals surface area contributed by atoms with Crippen molar-refractivity contribution in [2.24, 2.45) is 0 Å². The van der Waals surface area contributed by atoms with Gasteiger partial charge in [-0.2, -0.15) is 4.98 Å². The summed E-state index contributed by atoms with van der Waals surface area (Å²) >= 11 is 0. The van der Waals surface area contributed by atoms with Crippen molar-refractivity contribution >= 4 is 0 Å². The van der Waals surface area contributed by atoms with Gasteiger partial charge >= 0.3 is 0 Å². The Morgan fingerprint density at radius 2 is 2.67 bits per heavy atom. The highest BCUT2D eigenvalue weighted by molar-refractivity contribution is 4.63. The molecule has 0 N–H and O–H groups in total. The van der Waals surface area contributed by atoms with E-state index in [2.05, 4.69) is 21.9 Å². The Labute approximate surface area is 35.8 Å². The summed E-state index contributed by atoms with van der Waals surface area (Å²) in [6.45, 7) is 1.74. The topological polar surface area (TPSA) is 26.0 Å². The molecule has 2 nitrogen and oxygen atoms in total. The zero-order valence-electron chi connectivity index (χ0n) is 3.36. The maximum Gasteiger partial charge on any atom is 0.212 e. The quantitative estimate of drug-likeness (QED) is 0.456. The van der Waals surface area contributed by atoms with E-state index in [-0.39, 0.29) is 0 Å². The Morgan fingerprint density at radius 1 is 1.83 bits per heavy atom. The van der Waals surface area contributed by atoms with E-state index >= 15 is 0 Å². The summed E-state index contributed by atoms with van der Waals surface area (Å²) in [4.78, 5) is 3.57. The zero-order valence-corrected chi connectivity index (χ0v) is 3.36. The first-order chi connectivity index (χ1) is 2.89. The van der Waals surface area contributed by atoms with E-state index in [0.29, 0.717) is 5.89 Å². The summed E-state index contributed by atoms with van der Waals surface area (Å²) < 4.78 is 4.54. The molecule has 1 aromatic heterocycles. The fourth-order valence-electron chi connectivity index (χ4n) is 0.221. The van der Waals surface area contributed by atoms with Crippen LogP contribution in [0.3, 0.4) is 0 Å². The molecule has 0 amide bonds. The molecule has 1 rings (SSSR count). The minimum atomic E-state index is 0.606. The Hall–Kier alpha value is -0.970. The maximum atomic E-state index is 4.54. The van der Waals surface area contributed by atoms with E-state index < -0.39 is 0 Å². The van der Waals surface area contributed by atoms with Crippen molar-refractivity contribution < 1.29 is 4.42 Å². The second-order valence-corrected chi connectivity index (χ2v) is 0.947. The van der Waals surface area contributed by atoms with Crippen LogP contribution in [-0.2, 0) is 0 Å². The van der Waals surface area contributed by atoms with Crippen molar-refractivity contribution in [1.29, 1.82) is 0 Å². The minimum Gasteiger partial charge on any atom is -0.390 e. The van der Waals surface area contributed by atoms with E-state index in [1.54, 1.807) is 6.92 Å². The van der Waals surface area contributed by atoms with E-state index in [9.17, 15) is 0 Å². The molecule has 0 bridgehead atoms. The normalized spacial score (nSPS) is 7.50. The predicted molar refractivity (Wildman–Crippen MR) is 18.9 cm³/mol. The van der Waals surface area contributed by atoms with Crippen LogP contribution in [0.4, 0.5) is 0 Å². The Balaban J connectivity index is 3.05. The number of rotatable bonds is 0. The van der Waals surface area contributed by atoms with Gasteiger partial charge in [0, 0.05) is 6.92 Å². The standard InChI is InChI=1S/C4H3NO/c1-4-5-2-3-6-4/h1H3. The average molecular weight is 81.1 g/mol. The first-order valence-electron chi connectivity index (χ1n) is 1.61. The van der Waals surface area contributed by atoms with Gasteiger partial charge in [-0.05, 0) is 0 Å². The highest BCUT2D eigenvalue weighted by Gasteiger charge is 1.75. The Bertz CT molecular complexity index is 111. The van der Waals surface area contributed by atoms with Crippen LogP contribution in [0.25, 0.3) is 0 Å². The monoisotopic (exact) mass is 81.0 g/mol. The second-order valence-electron chi connectivity index (χ2n) is 0.947. The molecule has 0 radical (unpaired) electrons. The van der Waals surface area contributed by atoms with Crippen molar-refractivity contribution in [2.75, 3.05) is 0 Å². The highest BCUT2D eigenvalue weighted by atomic mass is 16.3. The fraction of sp³-hybridized carbons (Fsp3) is 0.250. The fourth-order valence-corrected chi connectivity index (χ4v) is 0.221. The van der Waals surface area contributed by atoms with Crippen molar-refractivity contribution in [3.63, 3.8) is 0 Å². The molecule has 30 valence electrons. The van der Waals surface area contributed by atoms with Crippen LogP contribution in [0, 0.1) is 19.4 Å². The third kappa shape index (κ3) is 0.343. The van der Waals surface area contributed by atoms with Gasteiger partial charge in [0.2, 0.25) is 5.89 Å². The molecule has 0 saturated heterocycles. The van der Waals surface area contributed by atoms with Gasteiger partial charge in [-0.15, -0.1) is 0 Å². The molecular weight excluding hydrogens is 78.0 g/mol. The lowest BCUT2D eigenvalue weighted by Gasteiger charge is -1.64. The number of hydrogen-bond donors (Lipinski definition) is 0. The van der Waals surface area contributed by atoms with Crippen molar-refractivity contribution in [3.8, 4) is 0 Å². The molecule has 0 aliphatic carbocycles. The van der Waals surface area contributed by atoms with Gasteiger partial charge < -0.3 is 4.42 Å². The molecule has 1 heterocycles. The maximum absolute atomic E-state index is 4.54. The van der Waals surface area contributed by atoms with Crippen LogP contribution in [-0.4, -0.2) is 4.98 Å². The van der Waals surface area contributed by atoms with E-state index in [0.717, 1.165) is 0 Å². The lowest BCUT2D eigenvalue weighted by atomic mass is 10.8. The molecule has 0 aliphatic heterocycles. The first kappa shape index (κ1) is 3.23. The average Bonchev–Trinajstić information content (AvgIpc) is 1.86. The smallest absolute Gasteiger partial charge is 0.212 e.